The van der Waals surface area contributed by atoms with Crippen molar-refractivity contribution in [3.05, 3.63) is 34.0 Å². The molecular formula is C16H26N4OS. The first kappa shape index (κ1) is 18.2. The number of nitrogens with one attached hydrogen (secondary N) is 2. The van der Waals surface area contributed by atoms with Crippen molar-refractivity contribution in [2.45, 2.75) is 26.8 Å². The van der Waals surface area contributed by atoms with Crippen molar-refractivity contribution in [2.75, 3.05) is 27.2 Å². The lowest BCUT2D eigenvalue weighted by Gasteiger charge is -2.13. The average molecular weight is 322 g/mol. The van der Waals surface area contributed by atoms with Gasteiger partial charge in [-0.1, -0.05) is 19.1 Å². The number of aryl methyl sites for hydroxylation is 1. The molecule has 5 nitrogen and oxygen atoms in total. The van der Waals surface area contributed by atoms with E-state index in [2.05, 4.69) is 41.3 Å². The second-order valence-electron chi connectivity index (χ2n) is 5.34. The molecule has 122 valence electrons. The molecule has 1 aromatic heterocycles. The summed E-state index contributed by atoms with van der Waals surface area (Å²) in [6, 6.07) is 4.27. The highest BCUT2D eigenvalue weighted by Gasteiger charge is 2.05. The fraction of sp³-hybridized carbons (Fsp3) is 0.500. The maximum Gasteiger partial charge on any atom is 0.243 e. The molecule has 0 atom stereocenters. The van der Waals surface area contributed by atoms with E-state index in [1.54, 1.807) is 25.4 Å². The van der Waals surface area contributed by atoms with Gasteiger partial charge in [-0.15, -0.1) is 11.3 Å². The van der Waals surface area contributed by atoms with Gasteiger partial charge in [-0.05, 0) is 25.5 Å². The number of aliphatic imine (C=N–C) groups is 1. The Bertz CT molecular complexity index is 534. The van der Waals surface area contributed by atoms with E-state index in [-0.39, 0.29) is 12.5 Å². The smallest absolute Gasteiger partial charge is 0.243 e. The van der Waals surface area contributed by atoms with Crippen LogP contribution >= 0.6 is 11.3 Å². The summed E-state index contributed by atoms with van der Waals surface area (Å²) in [5.74, 6) is 0.602. The lowest BCUT2D eigenvalue weighted by Crippen LogP contribution is -2.38. The molecule has 1 rings (SSSR count). The van der Waals surface area contributed by atoms with Crippen molar-refractivity contribution in [3.8, 4) is 0 Å². The Morgan fingerprint density at radius 3 is 2.55 bits per heavy atom. The lowest BCUT2D eigenvalue weighted by atomic mass is 10.3. The van der Waals surface area contributed by atoms with Crippen molar-refractivity contribution in [1.29, 1.82) is 0 Å². The van der Waals surface area contributed by atoms with Gasteiger partial charge in [0.1, 0.15) is 6.54 Å². The number of rotatable bonds is 7. The van der Waals surface area contributed by atoms with Gasteiger partial charge in [0.25, 0.3) is 0 Å². The van der Waals surface area contributed by atoms with Crippen LogP contribution in [0.4, 0.5) is 0 Å². The van der Waals surface area contributed by atoms with E-state index >= 15 is 0 Å². The first-order chi connectivity index (χ1) is 10.4. The van der Waals surface area contributed by atoms with Gasteiger partial charge in [0.2, 0.25) is 5.91 Å². The Labute approximate surface area is 137 Å². The van der Waals surface area contributed by atoms with Gasteiger partial charge < -0.3 is 15.5 Å². The average Bonchev–Trinajstić information content (AvgIpc) is 2.93. The van der Waals surface area contributed by atoms with Crippen molar-refractivity contribution >= 4 is 23.2 Å². The molecule has 1 amide bonds. The number of amides is 1. The molecule has 0 unspecified atom stereocenters. The summed E-state index contributed by atoms with van der Waals surface area (Å²) in [4.78, 5) is 20.1. The van der Waals surface area contributed by atoms with Gasteiger partial charge in [0.05, 0.1) is 6.54 Å². The molecule has 0 aliphatic rings. The lowest BCUT2D eigenvalue weighted by molar-refractivity contribution is -0.127. The first-order valence-corrected chi connectivity index (χ1v) is 8.18. The van der Waals surface area contributed by atoms with E-state index in [0.29, 0.717) is 19.0 Å². The minimum atomic E-state index is -0.0270. The fourth-order valence-corrected chi connectivity index (χ4v) is 2.47. The molecule has 1 aromatic rings. The summed E-state index contributed by atoms with van der Waals surface area (Å²) >= 11 is 1.79. The van der Waals surface area contributed by atoms with Gasteiger partial charge in [0.15, 0.2) is 5.96 Å². The number of hydrogen-bond acceptors (Lipinski definition) is 3. The summed E-state index contributed by atoms with van der Waals surface area (Å²) in [6.45, 7) is 9.42. The van der Waals surface area contributed by atoms with Crippen molar-refractivity contribution in [2.24, 2.45) is 4.99 Å². The summed E-state index contributed by atoms with van der Waals surface area (Å²) in [5, 5.41) is 6.44. The van der Waals surface area contributed by atoms with Gasteiger partial charge in [-0.2, -0.15) is 0 Å². The van der Waals surface area contributed by atoms with Crippen LogP contribution in [0, 0.1) is 0 Å². The number of likely N-dealkylation sites (N-methyl/N-ethyl adjacent to an activating group) is 1. The highest BCUT2D eigenvalue weighted by molar-refractivity contribution is 7.11. The SMILES string of the molecule is C=C(C)CNC(=NCC(=O)N(C)C)NCc1ccc(CC)s1. The summed E-state index contributed by atoms with van der Waals surface area (Å²) in [5.41, 5.74) is 1.01. The van der Waals surface area contributed by atoms with Gasteiger partial charge in [0, 0.05) is 30.4 Å². The quantitative estimate of drug-likeness (QED) is 0.459. The zero-order valence-electron chi connectivity index (χ0n) is 13.9. The van der Waals surface area contributed by atoms with Crippen LogP contribution in [0.3, 0.4) is 0 Å². The molecule has 6 heteroatoms. The molecule has 1 heterocycles. The van der Waals surface area contributed by atoms with Crippen molar-refractivity contribution in [3.63, 3.8) is 0 Å². The number of carbonyl (C=O) groups excluding carboxylic acids is 1. The maximum atomic E-state index is 11.6. The normalized spacial score (nSPS) is 11.2. The highest BCUT2D eigenvalue weighted by Crippen LogP contribution is 2.16. The molecule has 0 bridgehead atoms. The Morgan fingerprint density at radius 1 is 1.32 bits per heavy atom. The van der Waals surface area contributed by atoms with E-state index in [9.17, 15) is 4.79 Å². The van der Waals surface area contributed by atoms with E-state index in [1.807, 2.05) is 6.92 Å². The summed E-state index contributed by atoms with van der Waals surface area (Å²) in [7, 11) is 3.45. The number of nitrogens with zero attached hydrogens (tertiary/aromatic N) is 2. The van der Waals surface area contributed by atoms with E-state index < -0.39 is 0 Å². The molecule has 0 fully saturated rings. The fourth-order valence-electron chi connectivity index (χ4n) is 1.58. The van der Waals surface area contributed by atoms with Crippen molar-refractivity contribution < 1.29 is 4.79 Å². The molecule has 0 radical (unpaired) electrons. The number of hydrogen-bond donors (Lipinski definition) is 2. The van der Waals surface area contributed by atoms with Crippen molar-refractivity contribution in [1.82, 2.24) is 15.5 Å². The van der Waals surface area contributed by atoms with E-state index in [1.165, 1.54) is 14.7 Å². The third-order valence-electron chi connectivity index (χ3n) is 2.92. The van der Waals surface area contributed by atoms with Crippen LogP contribution in [0.1, 0.15) is 23.6 Å². The predicted octanol–water partition coefficient (Wildman–Crippen LogP) is 2.01. The molecule has 0 aliphatic heterocycles. The van der Waals surface area contributed by atoms with Crippen LogP contribution in [-0.2, 0) is 17.8 Å². The summed E-state index contributed by atoms with van der Waals surface area (Å²) in [6.07, 6.45) is 1.05. The third-order valence-corrected chi connectivity index (χ3v) is 4.15. The van der Waals surface area contributed by atoms with Crippen LogP contribution in [-0.4, -0.2) is 44.0 Å². The summed E-state index contributed by atoms with van der Waals surface area (Å²) < 4.78 is 0. The highest BCUT2D eigenvalue weighted by atomic mass is 32.1. The molecule has 2 N–H and O–H groups in total. The molecule has 22 heavy (non-hydrogen) atoms. The third kappa shape index (κ3) is 6.76. The van der Waals surface area contributed by atoms with Crippen LogP contribution in [0.2, 0.25) is 0 Å². The molecule has 0 saturated heterocycles. The number of guanidine groups is 1. The monoisotopic (exact) mass is 322 g/mol. The topological polar surface area (TPSA) is 56.7 Å². The molecule has 0 aliphatic carbocycles. The van der Waals surface area contributed by atoms with Crippen LogP contribution < -0.4 is 10.6 Å². The Kier molecular flexibility index (Phi) is 7.66. The van der Waals surface area contributed by atoms with Gasteiger partial charge >= 0.3 is 0 Å². The van der Waals surface area contributed by atoms with Gasteiger partial charge in [-0.3, -0.25) is 4.79 Å². The number of carbonyl (C=O) groups is 1. The number of thiophene rings is 1. The largest absolute Gasteiger partial charge is 0.353 e. The zero-order chi connectivity index (χ0) is 16.5. The standard InChI is InChI=1S/C16H26N4OS/c1-6-13-7-8-14(22-13)10-18-16(17-9-12(2)3)19-11-15(21)20(4)5/h7-8H,2,6,9-11H2,1,3-5H3,(H2,17,18,19). The minimum Gasteiger partial charge on any atom is -0.353 e. The predicted molar refractivity (Wildman–Crippen MR) is 94.3 cm³/mol. The molecule has 0 aromatic carbocycles. The second kappa shape index (κ2) is 9.25. The van der Waals surface area contributed by atoms with Crippen LogP contribution in [0.25, 0.3) is 0 Å². The molecule has 0 spiro atoms. The zero-order valence-corrected chi connectivity index (χ0v) is 14.7. The second-order valence-corrected chi connectivity index (χ2v) is 6.59. The Morgan fingerprint density at radius 2 is 2.00 bits per heavy atom. The first-order valence-electron chi connectivity index (χ1n) is 7.36. The maximum absolute atomic E-state index is 11.6. The van der Waals surface area contributed by atoms with E-state index in [4.69, 9.17) is 0 Å². The van der Waals surface area contributed by atoms with E-state index in [0.717, 1.165) is 12.0 Å². The Balaban J connectivity index is 2.62. The van der Waals surface area contributed by atoms with Crippen LogP contribution in [0.5, 0.6) is 0 Å². The Hall–Kier alpha value is -1.82. The molecular weight excluding hydrogens is 296 g/mol. The van der Waals surface area contributed by atoms with Crippen LogP contribution in [0.15, 0.2) is 29.3 Å². The minimum absolute atomic E-state index is 0.0270. The molecule has 0 saturated carbocycles. The van der Waals surface area contributed by atoms with Gasteiger partial charge in [-0.25, -0.2) is 4.99 Å².